The summed E-state index contributed by atoms with van der Waals surface area (Å²) in [6.07, 6.45) is 0. The molecule has 0 atom stereocenters. The number of carbonyl (C=O) groups excluding carboxylic acids is 1. The minimum Gasteiger partial charge on any atom is -0.496 e. The number of nitrogens with one attached hydrogen (secondary N) is 1. The molecule has 1 aromatic heterocycles. The highest BCUT2D eigenvalue weighted by molar-refractivity contribution is 9.10. The molecule has 3 aromatic rings. The summed E-state index contributed by atoms with van der Waals surface area (Å²) < 4.78 is 7.61. The Bertz CT molecular complexity index is 1090. The van der Waals surface area contributed by atoms with Crippen molar-refractivity contribution in [1.29, 1.82) is 0 Å². The van der Waals surface area contributed by atoms with Gasteiger partial charge in [-0.1, -0.05) is 31.9 Å². The lowest BCUT2D eigenvalue weighted by Gasteiger charge is -2.11. The van der Waals surface area contributed by atoms with Crippen LogP contribution in [0.5, 0.6) is 5.75 Å². The molecule has 3 rings (SSSR count). The van der Waals surface area contributed by atoms with Gasteiger partial charge in [0.1, 0.15) is 5.75 Å². The highest BCUT2D eigenvalue weighted by atomic mass is 79.9. The van der Waals surface area contributed by atoms with Crippen molar-refractivity contribution in [3.63, 3.8) is 0 Å². The topological polar surface area (TPSA) is 64.1 Å². The predicted octanol–water partition coefficient (Wildman–Crippen LogP) is 4.28. The number of carbonyl (C=O) groups is 1. The number of methoxy groups -OCH3 is 1. The van der Waals surface area contributed by atoms with Gasteiger partial charge in [-0.25, -0.2) is 4.57 Å². The maximum absolute atomic E-state index is 12.9. The van der Waals surface area contributed by atoms with Gasteiger partial charge in [0.05, 0.1) is 23.6 Å². The van der Waals surface area contributed by atoms with E-state index in [4.69, 9.17) is 17.0 Å². The Morgan fingerprint density at radius 2 is 1.83 bits per heavy atom. The third kappa shape index (κ3) is 2.97. The van der Waals surface area contributed by atoms with E-state index in [1.807, 2.05) is 0 Å². The van der Waals surface area contributed by atoms with E-state index in [0.717, 1.165) is 9.04 Å². The van der Waals surface area contributed by atoms with Gasteiger partial charge in [0.25, 0.3) is 11.5 Å². The molecule has 0 aliphatic heterocycles. The van der Waals surface area contributed by atoms with E-state index < -0.39 is 11.5 Å². The molecule has 122 valence electrons. The van der Waals surface area contributed by atoms with Gasteiger partial charge in [-0.05, 0) is 48.6 Å². The van der Waals surface area contributed by atoms with Crippen molar-refractivity contribution in [1.82, 2.24) is 9.55 Å². The molecule has 0 aliphatic carbocycles. The van der Waals surface area contributed by atoms with Crippen molar-refractivity contribution in [2.75, 3.05) is 7.11 Å². The second kappa shape index (κ2) is 6.62. The zero-order valence-electron chi connectivity index (χ0n) is 12.3. The molecule has 2 aromatic carbocycles. The summed E-state index contributed by atoms with van der Waals surface area (Å²) in [4.78, 5) is 28.6. The first-order valence-corrected chi connectivity index (χ1v) is 8.74. The van der Waals surface area contributed by atoms with Crippen LogP contribution >= 0.6 is 44.1 Å². The van der Waals surface area contributed by atoms with Crippen molar-refractivity contribution < 1.29 is 9.53 Å². The normalized spacial score (nSPS) is 10.8. The van der Waals surface area contributed by atoms with Crippen LogP contribution in [0, 0.1) is 4.77 Å². The van der Waals surface area contributed by atoms with Crippen molar-refractivity contribution >= 4 is 60.9 Å². The highest BCUT2D eigenvalue weighted by Crippen LogP contribution is 2.24. The fraction of sp³-hybridized carbons (Fsp3) is 0.0625. The Morgan fingerprint density at radius 1 is 1.17 bits per heavy atom. The standard InChI is InChI=1S/C16H10Br2N2O3S/c1-23-13-5-3-9(18)7-11(13)15(22)20-14(21)10-6-8(17)2-4-12(10)19-16(20)24/h2-7H,1H3,(H,19,24). The van der Waals surface area contributed by atoms with Gasteiger partial charge in [-0.3, -0.25) is 9.59 Å². The van der Waals surface area contributed by atoms with Crippen LogP contribution in [0.25, 0.3) is 10.9 Å². The number of rotatable bonds is 2. The average Bonchev–Trinajstić information content (AvgIpc) is 2.55. The number of aromatic amines is 1. The molecule has 0 aliphatic rings. The molecule has 1 heterocycles. The summed E-state index contributed by atoms with van der Waals surface area (Å²) in [6, 6.07) is 10.1. The number of nitrogens with zero attached hydrogens (tertiary/aromatic N) is 1. The quantitative estimate of drug-likeness (QED) is 0.569. The number of fused-ring (bicyclic) bond motifs is 1. The van der Waals surface area contributed by atoms with E-state index in [2.05, 4.69) is 36.8 Å². The molecule has 0 saturated carbocycles. The van der Waals surface area contributed by atoms with E-state index in [0.29, 0.717) is 21.1 Å². The fourth-order valence-electron chi connectivity index (χ4n) is 2.34. The van der Waals surface area contributed by atoms with E-state index in [1.54, 1.807) is 36.4 Å². The molecule has 0 spiro atoms. The maximum atomic E-state index is 12.9. The molecular weight excluding hydrogens is 460 g/mol. The molecule has 24 heavy (non-hydrogen) atoms. The Balaban J connectivity index is 2.30. The van der Waals surface area contributed by atoms with Gasteiger partial charge in [-0.2, -0.15) is 0 Å². The summed E-state index contributed by atoms with van der Waals surface area (Å²) in [7, 11) is 1.46. The fourth-order valence-corrected chi connectivity index (χ4v) is 3.34. The lowest BCUT2D eigenvalue weighted by Crippen LogP contribution is -2.29. The molecule has 0 bridgehead atoms. The van der Waals surface area contributed by atoms with Crippen molar-refractivity contribution in [3.05, 3.63) is 66.0 Å². The van der Waals surface area contributed by atoms with Crippen LogP contribution in [0.2, 0.25) is 0 Å². The van der Waals surface area contributed by atoms with Crippen LogP contribution in [0.3, 0.4) is 0 Å². The van der Waals surface area contributed by atoms with Crippen LogP contribution in [0.1, 0.15) is 10.4 Å². The third-order valence-corrected chi connectivity index (χ3v) is 4.73. The summed E-state index contributed by atoms with van der Waals surface area (Å²) in [5.41, 5.74) is 0.323. The van der Waals surface area contributed by atoms with Crippen molar-refractivity contribution in [2.24, 2.45) is 0 Å². The number of hydrogen-bond donors (Lipinski definition) is 1. The van der Waals surface area contributed by atoms with Crippen molar-refractivity contribution in [3.8, 4) is 5.75 Å². The molecule has 0 unspecified atom stereocenters. The zero-order valence-corrected chi connectivity index (χ0v) is 16.3. The van der Waals surface area contributed by atoms with Crippen LogP contribution in [-0.4, -0.2) is 22.6 Å². The number of aromatic nitrogens is 2. The van der Waals surface area contributed by atoms with Gasteiger partial charge >= 0.3 is 0 Å². The van der Waals surface area contributed by atoms with Crippen LogP contribution < -0.4 is 10.3 Å². The lowest BCUT2D eigenvalue weighted by atomic mass is 10.2. The average molecular weight is 470 g/mol. The molecule has 0 amide bonds. The zero-order chi connectivity index (χ0) is 17.4. The SMILES string of the molecule is COc1ccc(Br)cc1C(=O)n1c(=S)[nH]c2ccc(Br)cc2c1=O. The second-order valence-corrected chi connectivity index (χ2v) is 7.13. The second-order valence-electron chi connectivity index (χ2n) is 4.91. The van der Waals surface area contributed by atoms with Gasteiger partial charge in [0.2, 0.25) is 0 Å². The summed E-state index contributed by atoms with van der Waals surface area (Å²) in [6.45, 7) is 0. The Hall–Kier alpha value is -1.77. The highest BCUT2D eigenvalue weighted by Gasteiger charge is 2.19. The minimum atomic E-state index is -0.554. The Kier molecular flexibility index (Phi) is 4.71. The molecule has 0 radical (unpaired) electrons. The Morgan fingerprint density at radius 3 is 2.54 bits per heavy atom. The monoisotopic (exact) mass is 468 g/mol. The number of ether oxygens (including phenoxy) is 1. The number of hydrogen-bond acceptors (Lipinski definition) is 4. The first-order chi connectivity index (χ1) is 11.4. The van der Waals surface area contributed by atoms with Crippen LogP contribution in [-0.2, 0) is 0 Å². The first kappa shape index (κ1) is 17.1. The summed E-state index contributed by atoms with van der Waals surface area (Å²) >= 11 is 11.9. The van der Waals surface area contributed by atoms with Crippen LogP contribution in [0.4, 0.5) is 0 Å². The van der Waals surface area contributed by atoms with Gasteiger partial charge in [0, 0.05) is 8.95 Å². The predicted molar refractivity (Wildman–Crippen MR) is 102 cm³/mol. The van der Waals surface area contributed by atoms with Gasteiger partial charge in [-0.15, -0.1) is 0 Å². The Labute approximate surface area is 158 Å². The van der Waals surface area contributed by atoms with Gasteiger partial charge in [0.15, 0.2) is 4.77 Å². The van der Waals surface area contributed by atoms with E-state index in [9.17, 15) is 9.59 Å². The van der Waals surface area contributed by atoms with Crippen LogP contribution in [0.15, 0.2) is 50.1 Å². The summed E-state index contributed by atoms with van der Waals surface area (Å²) in [5.74, 6) is -0.194. The number of H-pyrrole nitrogens is 1. The largest absolute Gasteiger partial charge is 0.496 e. The minimum absolute atomic E-state index is 0.0295. The number of benzene rings is 2. The third-order valence-electron chi connectivity index (χ3n) is 3.45. The van der Waals surface area contributed by atoms with E-state index in [1.165, 1.54) is 7.11 Å². The molecule has 0 saturated heterocycles. The molecule has 5 nitrogen and oxygen atoms in total. The summed E-state index contributed by atoms with van der Waals surface area (Å²) in [5, 5.41) is 0.361. The molecule has 8 heteroatoms. The first-order valence-electron chi connectivity index (χ1n) is 6.75. The number of halogens is 2. The lowest BCUT2D eigenvalue weighted by molar-refractivity contribution is 0.0950. The molecule has 0 fully saturated rings. The molecule has 1 N–H and O–H groups in total. The smallest absolute Gasteiger partial charge is 0.270 e. The van der Waals surface area contributed by atoms with Crippen molar-refractivity contribution in [2.45, 2.75) is 0 Å². The molecular formula is C16H10Br2N2O3S. The van der Waals surface area contributed by atoms with E-state index in [-0.39, 0.29) is 10.3 Å². The van der Waals surface area contributed by atoms with Gasteiger partial charge < -0.3 is 9.72 Å². The van der Waals surface area contributed by atoms with E-state index >= 15 is 0 Å². The maximum Gasteiger partial charge on any atom is 0.270 e.